The van der Waals surface area contributed by atoms with Crippen LogP contribution in [-0.4, -0.2) is 53.4 Å². The minimum absolute atomic E-state index is 0.180. The van der Waals surface area contributed by atoms with E-state index in [-0.39, 0.29) is 19.0 Å². The molecule has 2 fully saturated rings. The first-order valence-electron chi connectivity index (χ1n) is 7.65. The molecule has 1 aliphatic heterocycles. The quantitative estimate of drug-likeness (QED) is 0.713. The third kappa shape index (κ3) is 4.66. The number of alkyl halides is 3. The van der Waals surface area contributed by atoms with E-state index in [9.17, 15) is 18.0 Å². The number of carbonyl (C=O) groups is 1. The third-order valence-corrected chi connectivity index (χ3v) is 3.94. The molecular weight excluding hydrogens is 315 g/mol. The minimum Gasteiger partial charge on any atom is -0.381 e. The van der Waals surface area contributed by atoms with E-state index < -0.39 is 18.5 Å². The van der Waals surface area contributed by atoms with Crippen LogP contribution < -0.4 is 0 Å². The van der Waals surface area contributed by atoms with E-state index in [0.29, 0.717) is 30.7 Å². The summed E-state index contributed by atoms with van der Waals surface area (Å²) in [5.74, 6) is 0.503. The van der Waals surface area contributed by atoms with Crippen LogP contribution in [0, 0.1) is 5.92 Å². The largest absolute Gasteiger partial charge is 0.397 e. The van der Waals surface area contributed by atoms with Crippen LogP contribution in [0.3, 0.4) is 0 Å². The van der Waals surface area contributed by atoms with Crippen molar-refractivity contribution in [2.45, 2.75) is 37.8 Å². The molecule has 2 aliphatic rings. The van der Waals surface area contributed by atoms with E-state index >= 15 is 0 Å². The highest BCUT2D eigenvalue weighted by Crippen LogP contribution is 2.30. The molecule has 0 radical (unpaired) electrons. The van der Waals surface area contributed by atoms with Gasteiger partial charge in [0.1, 0.15) is 6.42 Å². The van der Waals surface area contributed by atoms with Gasteiger partial charge >= 0.3 is 6.18 Å². The summed E-state index contributed by atoms with van der Waals surface area (Å²) in [5, 5.41) is 3.83. The van der Waals surface area contributed by atoms with Gasteiger partial charge in [0.15, 0.2) is 5.82 Å². The van der Waals surface area contributed by atoms with Gasteiger partial charge in [-0.25, -0.2) is 0 Å². The van der Waals surface area contributed by atoms with Crippen molar-refractivity contribution in [3.63, 3.8) is 0 Å². The fourth-order valence-electron chi connectivity index (χ4n) is 2.35. The Morgan fingerprint density at radius 3 is 2.74 bits per heavy atom. The van der Waals surface area contributed by atoms with Crippen molar-refractivity contribution in [2.75, 3.05) is 26.3 Å². The summed E-state index contributed by atoms with van der Waals surface area (Å²) in [6, 6.07) is 0. The number of nitrogens with zero attached hydrogens (tertiary/aromatic N) is 3. The van der Waals surface area contributed by atoms with Gasteiger partial charge in [0.25, 0.3) is 0 Å². The highest BCUT2D eigenvalue weighted by atomic mass is 19.4. The number of hydrogen-bond acceptors (Lipinski definition) is 5. The lowest BCUT2D eigenvalue weighted by Crippen LogP contribution is -2.49. The molecule has 0 spiro atoms. The number of hydrogen-bond donors (Lipinski definition) is 0. The van der Waals surface area contributed by atoms with Crippen molar-refractivity contribution >= 4 is 5.91 Å². The molecule has 2 heterocycles. The fourth-order valence-corrected chi connectivity index (χ4v) is 2.35. The maximum atomic E-state index is 12.2. The van der Waals surface area contributed by atoms with Crippen molar-refractivity contribution in [3.05, 3.63) is 11.7 Å². The Balaban J connectivity index is 1.38. The normalized spacial score (nSPS) is 19.0. The maximum absolute atomic E-state index is 12.2. The zero-order chi connectivity index (χ0) is 16.4. The molecule has 1 aliphatic carbocycles. The lowest BCUT2D eigenvalue weighted by molar-refractivity contribution is -0.164. The lowest BCUT2D eigenvalue weighted by Gasteiger charge is -2.37. The average Bonchev–Trinajstić information content (AvgIpc) is 3.10. The summed E-state index contributed by atoms with van der Waals surface area (Å²) in [7, 11) is 0. The van der Waals surface area contributed by atoms with Gasteiger partial charge in [0, 0.05) is 26.1 Å². The van der Waals surface area contributed by atoms with Crippen LogP contribution in [-0.2, 0) is 16.0 Å². The van der Waals surface area contributed by atoms with Gasteiger partial charge in [-0.1, -0.05) is 5.16 Å². The van der Waals surface area contributed by atoms with Gasteiger partial charge in [-0.15, -0.1) is 0 Å². The second-order valence-corrected chi connectivity index (χ2v) is 6.10. The van der Waals surface area contributed by atoms with Gasteiger partial charge in [0.05, 0.1) is 12.5 Å². The molecule has 0 aromatic carbocycles. The Labute approximate surface area is 131 Å². The van der Waals surface area contributed by atoms with Gasteiger partial charge in [0.2, 0.25) is 11.8 Å². The van der Waals surface area contributed by atoms with Crippen LogP contribution in [0.2, 0.25) is 0 Å². The monoisotopic (exact) mass is 333 g/mol. The third-order valence-electron chi connectivity index (χ3n) is 3.94. The van der Waals surface area contributed by atoms with Crippen molar-refractivity contribution in [2.24, 2.45) is 5.92 Å². The summed E-state index contributed by atoms with van der Waals surface area (Å²) in [5.41, 5.74) is 0. The molecule has 1 aromatic heterocycles. The molecule has 6 nitrogen and oxygen atoms in total. The first-order valence-corrected chi connectivity index (χ1v) is 7.65. The number of amides is 1. The number of likely N-dealkylation sites (tertiary alicyclic amines) is 1. The predicted molar refractivity (Wildman–Crippen MR) is 71.5 cm³/mol. The Bertz CT molecular complexity index is 551. The van der Waals surface area contributed by atoms with Gasteiger partial charge in [-0.05, 0) is 18.8 Å². The second-order valence-electron chi connectivity index (χ2n) is 6.10. The Hall–Kier alpha value is -1.64. The molecule has 9 heteroatoms. The maximum Gasteiger partial charge on any atom is 0.397 e. The van der Waals surface area contributed by atoms with Crippen LogP contribution in [0.15, 0.2) is 4.52 Å². The highest BCUT2D eigenvalue weighted by Gasteiger charge is 2.40. The molecular formula is C14H18F3N3O3. The van der Waals surface area contributed by atoms with E-state index in [1.807, 2.05) is 0 Å². The lowest BCUT2D eigenvalue weighted by atomic mass is 9.99. The van der Waals surface area contributed by atoms with Crippen LogP contribution in [0.4, 0.5) is 13.2 Å². The van der Waals surface area contributed by atoms with Gasteiger partial charge in [-0.3, -0.25) is 4.79 Å². The predicted octanol–water partition coefficient (Wildman–Crippen LogP) is 1.92. The minimum atomic E-state index is -4.47. The van der Waals surface area contributed by atoms with Crippen LogP contribution in [0.1, 0.15) is 36.9 Å². The molecule has 23 heavy (non-hydrogen) atoms. The summed E-state index contributed by atoms with van der Waals surface area (Å²) in [6.07, 6.45) is -2.89. The summed E-state index contributed by atoms with van der Waals surface area (Å²) >= 11 is 0. The standard InChI is InChI=1S/C14H18F3N3O3/c15-14(16,17)5-12(21)20-6-10(7-20)13-18-11(19-23-13)3-4-22-8-9-1-2-9/h9-10H,1-8H2. The van der Waals surface area contributed by atoms with Crippen molar-refractivity contribution in [1.29, 1.82) is 0 Å². The Kier molecular flexibility index (Phi) is 4.56. The molecule has 1 aromatic rings. The topological polar surface area (TPSA) is 68.5 Å². The van der Waals surface area contributed by atoms with E-state index in [1.165, 1.54) is 12.8 Å². The van der Waals surface area contributed by atoms with Crippen molar-refractivity contribution in [1.82, 2.24) is 15.0 Å². The average molecular weight is 333 g/mol. The second kappa shape index (κ2) is 6.46. The Morgan fingerprint density at radius 2 is 2.09 bits per heavy atom. The molecule has 0 N–H and O–H groups in total. The van der Waals surface area contributed by atoms with Gasteiger partial charge < -0.3 is 14.2 Å². The Morgan fingerprint density at radius 1 is 1.35 bits per heavy atom. The molecule has 128 valence electrons. The zero-order valence-corrected chi connectivity index (χ0v) is 12.5. The first-order chi connectivity index (χ1) is 10.9. The summed E-state index contributed by atoms with van der Waals surface area (Å²) < 4.78 is 47.1. The molecule has 0 bridgehead atoms. The van der Waals surface area contributed by atoms with Crippen LogP contribution in [0.5, 0.6) is 0 Å². The van der Waals surface area contributed by atoms with Crippen molar-refractivity contribution < 1.29 is 27.2 Å². The number of ether oxygens (including phenoxy) is 1. The molecule has 1 saturated heterocycles. The molecule has 0 atom stereocenters. The van der Waals surface area contributed by atoms with E-state index in [0.717, 1.165) is 11.5 Å². The SMILES string of the molecule is O=C(CC(F)(F)F)N1CC(c2nc(CCOCC3CC3)no2)C1. The zero-order valence-electron chi connectivity index (χ0n) is 12.5. The number of aromatic nitrogens is 2. The number of carbonyl (C=O) groups excluding carboxylic acids is 1. The molecule has 0 unspecified atom stereocenters. The van der Waals surface area contributed by atoms with E-state index in [4.69, 9.17) is 9.26 Å². The van der Waals surface area contributed by atoms with Crippen LogP contribution >= 0.6 is 0 Å². The smallest absolute Gasteiger partial charge is 0.381 e. The van der Waals surface area contributed by atoms with Crippen LogP contribution in [0.25, 0.3) is 0 Å². The first kappa shape index (κ1) is 16.2. The number of rotatable bonds is 7. The summed E-state index contributed by atoms with van der Waals surface area (Å²) in [6.45, 7) is 1.67. The van der Waals surface area contributed by atoms with Crippen molar-refractivity contribution in [3.8, 4) is 0 Å². The van der Waals surface area contributed by atoms with E-state index in [1.54, 1.807) is 0 Å². The van der Waals surface area contributed by atoms with Gasteiger partial charge in [-0.2, -0.15) is 18.2 Å². The number of halogens is 3. The molecule has 3 rings (SSSR count). The molecule has 1 saturated carbocycles. The summed E-state index contributed by atoms with van der Waals surface area (Å²) in [4.78, 5) is 16.7. The van der Waals surface area contributed by atoms with E-state index in [2.05, 4.69) is 10.1 Å². The highest BCUT2D eigenvalue weighted by molar-refractivity contribution is 5.77. The molecule has 1 amide bonds. The fraction of sp³-hybridized carbons (Fsp3) is 0.786.